The van der Waals surface area contributed by atoms with Gasteiger partial charge in [0.1, 0.15) is 0 Å². The van der Waals surface area contributed by atoms with E-state index in [0.29, 0.717) is 0 Å². The van der Waals surface area contributed by atoms with Crippen molar-refractivity contribution < 1.29 is 0 Å². The molecule has 0 aromatic heterocycles. The lowest BCUT2D eigenvalue weighted by molar-refractivity contribution is 0.125. The molecule has 0 amide bonds. The summed E-state index contributed by atoms with van der Waals surface area (Å²) in [5, 5.41) is 0. The Labute approximate surface area is 82.5 Å². The molecule has 13 heavy (non-hydrogen) atoms. The lowest BCUT2D eigenvalue weighted by Crippen LogP contribution is -2.41. The Morgan fingerprint density at radius 2 is 1.85 bits per heavy atom. The predicted molar refractivity (Wildman–Crippen MR) is 56.5 cm³/mol. The van der Waals surface area contributed by atoms with Gasteiger partial charge in [0.05, 0.1) is 0 Å². The van der Waals surface area contributed by atoms with Crippen LogP contribution in [0.1, 0.15) is 44.9 Å². The molecular weight excluding hydrogens is 158 g/mol. The standard InChI is InChI=1S/C12H22N/c1-2-11-6-5-9-13(10-11)12-7-3-4-8-12/h11-12H,1-10H2/t11-/m1/s1. The molecule has 1 heteroatoms. The highest BCUT2D eigenvalue weighted by molar-refractivity contribution is 4.82. The highest BCUT2D eigenvalue weighted by atomic mass is 15.2. The molecule has 0 aromatic carbocycles. The molecule has 2 rings (SSSR count). The zero-order valence-corrected chi connectivity index (χ0v) is 8.67. The zero-order valence-electron chi connectivity index (χ0n) is 8.67. The van der Waals surface area contributed by atoms with Gasteiger partial charge in [0, 0.05) is 12.6 Å². The molecule has 0 N–H and O–H groups in total. The van der Waals surface area contributed by atoms with Crippen LogP contribution in [0.25, 0.3) is 0 Å². The Morgan fingerprint density at radius 1 is 1.08 bits per heavy atom. The minimum Gasteiger partial charge on any atom is -0.300 e. The van der Waals surface area contributed by atoms with Crippen molar-refractivity contribution in [2.45, 2.75) is 51.0 Å². The van der Waals surface area contributed by atoms with Crippen LogP contribution in [-0.4, -0.2) is 24.0 Å². The number of rotatable bonds is 2. The van der Waals surface area contributed by atoms with E-state index in [0.717, 1.165) is 18.4 Å². The fourth-order valence-electron chi connectivity index (χ4n) is 2.93. The Hall–Kier alpha value is -0.0400. The van der Waals surface area contributed by atoms with Crippen LogP contribution in [0.3, 0.4) is 0 Å². The van der Waals surface area contributed by atoms with Crippen LogP contribution in [0.15, 0.2) is 0 Å². The summed E-state index contributed by atoms with van der Waals surface area (Å²) in [6.07, 6.45) is 9.84. The number of hydrogen-bond donors (Lipinski definition) is 0. The lowest BCUT2D eigenvalue weighted by atomic mass is 9.94. The molecule has 1 heterocycles. The van der Waals surface area contributed by atoms with Gasteiger partial charge >= 0.3 is 0 Å². The van der Waals surface area contributed by atoms with E-state index in [9.17, 15) is 0 Å². The Kier molecular flexibility index (Phi) is 3.26. The van der Waals surface area contributed by atoms with Crippen molar-refractivity contribution in [2.24, 2.45) is 5.92 Å². The van der Waals surface area contributed by atoms with Crippen molar-refractivity contribution in [3.63, 3.8) is 0 Å². The fraction of sp³-hybridized carbons (Fsp3) is 0.917. The monoisotopic (exact) mass is 180 g/mol. The van der Waals surface area contributed by atoms with E-state index >= 15 is 0 Å². The normalized spacial score (nSPS) is 32.5. The van der Waals surface area contributed by atoms with E-state index in [2.05, 4.69) is 11.8 Å². The third-order valence-electron chi connectivity index (χ3n) is 3.80. The van der Waals surface area contributed by atoms with E-state index in [4.69, 9.17) is 0 Å². The van der Waals surface area contributed by atoms with Gasteiger partial charge in [-0.1, -0.05) is 19.8 Å². The van der Waals surface area contributed by atoms with Crippen LogP contribution in [0.4, 0.5) is 0 Å². The molecule has 0 aromatic rings. The molecule has 0 bridgehead atoms. The van der Waals surface area contributed by atoms with Crippen LogP contribution < -0.4 is 0 Å². The van der Waals surface area contributed by atoms with Gasteiger partial charge in [0.25, 0.3) is 0 Å². The molecule has 1 aliphatic heterocycles. The third-order valence-corrected chi connectivity index (χ3v) is 3.80. The van der Waals surface area contributed by atoms with Crippen LogP contribution >= 0.6 is 0 Å². The van der Waals surface area contributed by atoms with Crippen molar-refractivity contribution in [2.75, 3.05) is 13.1 Å². The maximum atomic E-state index is 4.04. The highest BCUT2D eigenvalue weighted by Gasteiger charge is 2.26. The first-order valence-corrected chi connectivity index (χ1v) is 5.93. The van der Waals surface area contributed by atoms with Gasteiger partial charge in [0.15, 0.2) is 0 Å². The number of hydrogen-bond acceptors (Lipinski definition) is 1. The van der Waals surface area contributed by atoms with Gasteiger partial charge in [-0.3, -0.25) is 0 Å². The first-order chi connectivity index (χ1) is 6.40. The topological polar surface area (TPSA) is 3.24 Å². The summed E-state index contributed by atoms with van der Waals surface area (Å²) < 4.78 is 0. The molecule has 1 atom stereocenters. The van der Waals surface area contributed by atoms with Gasteiger partial charge in [-0.15, -0.1) is 0 Å². The molecule has 2 fully saturated rings. The molecule has 0 unspecified atom stereocenters. The van der Waals surface area contributed by atoms with Gasteiger partial charge in [0.2, 0.25) is 0 Å². The molecule has 1 saturated heterocycles. The first kappa shape index (κ1) is 9.51. The summed E-state index contributed by atoms with van der Waals surface area (Å²) in [5.74, 6) is 0.898. The molecular formula is C12H22N. The summed E-state index contributed by atoms with van der Waals surface area (Å²) in [5.41, 5.74) is 0. The van der Waals surface area contributed by atoms with Crippen LogP contribution in [0.5, 0.6) is 0 Å². The van der Waals surface area contributed by atoms with E-state index < -0.39 is 0 Å². The minimum absolute atomic E-state index is 0.898. The third kappa shape index (κ3) is 2.25. The Bertz CT molecular complexity index is 149. The molecule has 2 aliphatic rings. The van der Waals surface area contributed by atoms with Gasteiger partial charge in [-0.25, -0.2) is 0 Å². The van der Waals surface area contributed by atoms with Crippen molar-refractivity contribution >= 4 is 0 Å². The second-order valence-corrected chi connectivity index (χ2v) is 4.73. The van der Waals surface area contributed by atoms with E-state index in [-0.39, 0.29) is 0 Å². The molecule has 1 radical (unpaired) electrons. The SMILES string of the molecule is [CH2]C[C@@H]1CCCN(C2CCCC2)C1. The van der Waals surface area contributed by atoms with Crippen LogP contribution in [0.2, 0.25) is 0 Å². The first-order valence-electron chi connectivity index (χ1n) is 5.93. The number of piperidine rings is 1. The average molecular weight is 180 g/mol. The minimum atomic E-state index is 0.898. The summed E-state index contributed by atoms with van der Waals surface area (Å²) in [4.78, 5) is 2.74. The van der Waals surface area contributed by atoms with Crippen molar-refractivity contribution in [3.8, 4) is 0 Å². The molecule has 75 valence electrons. The molecule has 1 nitrogen and oxygen atoms in total. The lowest BCUT2D eigenvalue weighted by Gasteiger charge is -2.36. The molecule has 1 saturated carbocycles. The predicted octanol–water partition coefficient (Wildman–Crippen LogP) is 2.87. The molecule has 0 spiro atoms. The van der Waals surface area contributed by atoms with Gasteiger partial charge in [-0.05, 0) is 44.6 Å². The zero-order chi connectivity index (χ0) is 9.10. The number of likely N-dealkylation sites (tertiary alicyclic amines) is 1. The Balaban J connectivity index is 1.84. The quantitative estimate of drug-likeness (QED) is 0.631. The average Bonchev–Trinajstić information content (AvgIpc) is 2.71. The largest absolute Gasteiger partial charge is 0.300 e. The Morgan fingerprint density at radius 3 is 2.54 bits per heavy atom. The maximum Gasteiger partial charge on any atom is 0.00953 e. The van der Waals surface area contributed by atoms with E-state index in [1.807, 2.05) is 0 Å². The summed E-state index contributed by atoms with van der Waals surface area (Å²) in [6.45, 7) is 6.75. The van der Waals surface area contributed by atoms with Crippen molar-refractivity contribution in [3.05, 3.63) is 6.92 Å². The summed E-state index contributed by atoms with van der Waals surface area (Å²) in [7, 11) is 0. The van der Waals surface area contributed by atoms with Crippen molar-refractivity contribution in [1.82, 2.24) is 4.90 Å². The second kappa shape index (κ2) is 4.45. The smallest absolute Gasteiger partial charge is 0.00953 e. The van der Waals surface area contributed by atoms with Crippen LogP contribution in [-0.2, 0) is 0 Å². The summed E-state index contributed by atoms with van der Waals surface area (Å²) >= 11 is 0. The molecule has 1 aliphatic carbocycles. The van der Waals surface area contributed by atoms with E-state index in [1.54, 1.807) is 0 Å². The van der Waals surface area contributed by atoms with Crippen molar-refractivity contribution in [1.29, 1.82) is 0 Å². The fourth-order valence-corrected chi connectivity index (χ4v) is 2.93. The van der Waals surface area contributed by atoms with Gasteiger partial charge < -0.3 is 4.90 Å². The van der Waals surface area contributed by atoms with E-state index in [1.165, 1.54) is 51.6 Å². The number of nitrogens with zero attached hydrogens (tertiary/aromatic N) is 1. The second-order valence-electron chi connectivity index (χ2n) is 4.73. The van der Waals surface area contributed by atoms with Crippen LogP contribution in [0, 0.1) is 12.8 Å². The van der Waals surface area contributed by atoms with Gasteiger partial charge in [-0.2, -0.15) is 0 Å². The maximum absolute atomic E-state index is 4.04. The summed E-state index contributed by atoms with van der Waals surface area (Å²) in [6, 6.07) is 0.939. The highest BCUT2D eigenvalue weighted by Crippen LogP contribution is 2.28.